The highest BCUT2D eigenvalue weighted by atomic mass is 79.9. The average Bonchev–Trinajstić information content (AvgIpc) is 2.68. The molecule has 2 nitrogen and oxygen atoms in total. The molecule has 0 aromatic heterocycles. The quantitative estimate of drug-likeness (QED) is 0.370. The minimum Gasteiger partial charge on any atom is -0.248 e. The second-order valence-electron chi connectivity index (χ2n) is 8.64. The normalized spacial score (nSPS) is 13.4. The molecule has 0 N–H and O–H groups in total. The standard InChI is InChI=1S/C25H31BrO2S2/c1-18(2)23(26)17-25(5,6)16-15-24(29(27)21-11-7-19(3)8-12-21)30(28)22-13-9-20(4)10-14-22/h7-15H,16-17H2,1-6H3. The molecule has 0 radical (unpaired) electrons. The van der Waals surface area contributed by atoms with E-state index >= 15 is 0 Å². The van der Waals surface area contributed by atoms with Gasteiger partial charge < -0.3 is 0 Å². The SMILES string of the molecule is CC(C)=C(Br)CC(C)(C)CC=C(S(=O)c1ccc(C)cc1)S(=O)c1ccc(C)cc1. The van der Waals surface area contributed by atoms with Crippen molar-refractivity contribution in [3.63, 3.8) is 0 Å². The summed E-state index contributed by atoms with van der Waals surface area (Å²) in [4.78, 5) is 1.35. The molecule has 2 rings (SSSR count). The second kappa shape index (κ2) is 10.8. The van der Waals surface area contributed by atoms with Gasteiger partial charge in [0.15, 0.2) is 0 Å². The first kappa shape index (κ1) is 25.0. The smallest absolute Gasteiger partial charge is 0.109 e. The molecule has 0 saturated heterocycles. The molecule has 30 heavy (non-hydrogen) atoms. The number of halogens is 1. The van der Waals surface area contributed by atoms with Crippen molar-refractivity contribution >= 4 is 37.5 Å². The van der Waals surface area contributed by atoms with E-state index in [4.69, 9.17) is 0 Å². The first-order valence-electron chi connectivity index (χ1n) is 9.99. The van der Waals surface area contributed by atoms with Gasteiger partial charge in [0.25, 0.3) is 0 Å². The molecule has 5 heteroatoms. The lowest BCUT2D eigenvalue weighted by Gasteiger charge is -2.24. The molecule has 2 aromatic rings. The van der Waals surface area contributed by atoms with E-state index in [1.807, 2.05) is 68.5 Å². The molecule has 0 aliphatic heterocycles. The highest BCUT2D eigenvalue weighted by Crippen LogP contribution is 2.35. The minimum absolute atomic E-state index is 0.0592. The summed E-state index contributed by atoms with van der Waals surface area (Å²) in [6.45, 7) is 12.5. The van der Waals surface area contributed by atoms with Crippen LogP contribution in [0.25, 0.3) is 0 Å². The van der Waals surface area contributed by atoms with Gasteiger partial charge in [0, 0.05) is 9.79 Å². The summed E-state index contributed by atoms with van der Waals surface area (Å²) in [5.74, 6) is 0. The molecular formula is C25H31BrO2S2. The largest absolute Gasteiger partial charge is 0.248 e. The molecule has 2 atom stereocenters. The molecule has 0 amide bonds. The maximum absolute atomic E-state index is 13.4. The zero-order chi connectivity index (χ0) is 22.5. The fourth-order valence-electron chi connectivity index (χ4n) is 2.80. The summed E-state index contributed by atoms with van der Waals surface area (Å²) < 4.78 is 28.5. The lowest BCUT2D eigenvalue weighted by molar-refractivity contribution is 0.374. The Bertz CT molecular complexity index is 921. The minimum atomic E-state index is -1.48. The topological polar surface area (TPSA) is 34.1 Å². The number of hydrogen-bond donors (Lipinski definition) is 0. The van der Waals surface area contributed by atoms with Crippen molar-refractivity contribution in [3.05, 3.63) is 80.0 Å². The van der Waals surface area contributed by atoms with Crippen molar-refractivity contribution in [2.24, 2.45) is 5.41 Å². The summed E-state index contributed by atoms with van der Waals surface area (Å²) >= 11 is 3.67. The molecule has 0 heterocycles. The summed E-state index contributed by atoms with van der Waals surface area (Å²) in [5.41, 5.74) is 3.40. The fourth-order valence-corrected chi connectivity index (χ4v) is 6.39. The first-order valence-corrected chi connectivity index (χ1v) is 13.1. The lowest BCUT2D eigenvalue weighted by atomic mass is 9.85. The van der Waals surface area contributed by atoms with Crippen LogP contribution in [0.4, 0.5) is 0 Å². The van der Waals surface area contributed by atoms with Crippen LogP contribution < -0.4 is 0 Å². The molecule has 0 saturated carbocycles. The van der Waals surface area contributed by atoms with Crippen molar-refractivity contribution in [1.82, 2.24) is 0 Å². The number of allylic oxidation sites excluding steroid dienone is 3. The maximum atomic E-state index is 13.4. The van der Waals surface area contributed by atoms with Gasteiger partial charge in [-0.2, -0.15) is 0 Å². The van der Waals surface area contributed by atoms with E-state index in [1.165, 1.54) is 10.1 Å². The Kier molecular flexibility index (Phi) is 9.01. The predicted molar refractivity (Wildman–Crippen MR) is 134 cm³/mol. The van der Waals surface area contributed by atoms with E-state index in [1.54, 1.807) is 0 Å². The fraction of sp³-hybridized carbons (Fsp3) is 0.360. The Morgan fingerprint density at radius 1 is 0.867 bits per heavy atom. The van der Waals surface area contributed by atoms with Crippen molar-refractivity contribution in [1.29, 1.82) is 0 Å². The number of hydrogen-bond acceptors (Lipinski definition) is 2. The lowest BCUT2D eigenvalue weighted by Crippen LogP contribution is -2.12. The van der Waals surface area contributed by atoms with Crippen LogP contribution in [-0.2, 0) is 21.6 Å². The number of aryl methyl sites for hydroxylation is 2. The average molecular weight is 508 g/mol. The van der Waals surface area contributed by atoms with Gasteiger partial charge in [0.2, 0.25) is 0 Å². The van der Waals surface area contributed by atoms with E-state index in [-0.39, 0.29) is 5.41 Å². The molecule has 0 aliphatic rings. The van der Waals surface area contributed by atoms with Crippen molar-refractivity contribution in [2.45, 2.75) is 64.2 Å². The zero-order valence-corrected chi connectivity index (χ0v) is 21.8. The summed E-state index contributed by atoms with van der Waals surface area (Å²) in [7, 11) is -2.97. The second-order valence-corrected chi connectivity index (χ2v) is 12.7. The van der Waals surface area contributed by atoms with E-state index in [9.17, 15) is 8.42 Å². The van der Waals surface area contributed by atoms with Crippen LogP contribution in [-0.4, -0.2) is 8.42 Å². The maximum Gasteiger partial charge on any atom is 0.109 e. The van der Waals surface area contributed by atoms with Gasteiger partial charge in [-0.1, -0.05) is 76.8 Å². The molecular weight excluding hydrogens is 476 g/mol. The third kappa shape index (κ3) is 7.14. The molecule has 0 aliphatic carbocycles. The predicted octanol–water partition coefficient (Wildman–Crippen LogP) is 7.56. The number of rotatable bonds is 8. The van der Waals surface area contributed by atoms with Crippen LogP contribution in [0.15, 0.2) is 78.7 Å². The highest BCUT2D eigenvalue weighted by Gasteiger charge is 2.23. The van der Waals surface area contributed by atoms with Crippen LogP contribution in [0.5, 0.6) is 0 Å². The van der Waals surface area contributed by atoms with Crippen LogP contribution >= 0.6 is 15.9 Å². The van der Waals surface area contributed by atoms with E-state index in [0.29, 0.717) is 20.4 Å². The van der Waals surface area contributed by atoms with Crippen LogP contribution in [0.3, 0.4) is 0 Å². The molecule has 2 aromatic carbocycles. The third-order valence-corrected chi connectivity index (χ3v) is 9.28. The Morgan fingerprint density at radius 3 is 1.63 bits per heavy atom. The summed E-state index contributed by atoms with van der Waals surface area (Å²) in [6.07, 6.45) is 3.48. The van der Waals surface area contributed by atoms with Crippen molar-refractivity contribution < 1.29 is 8.42 Å². The Hall–Kier alpha value is -1.30. The van der Waals surface area contributed by atoms with Crippen LogP contribution in [0, 0.1) is 19.3 Å². The molecule has 162 valence electrons. The Labute approximate surface area is 194 Å². The highest BCUT2D eigenvalue weighted by molar-refractivity contribution is 9.11. The van der Waals surface area contributed by atoms with Crippen molar-refractivity contribution in [3.8, 4) is 0 Å². The van der Waals surface area contributed by atoms with Crippen LogP contribution in [0.1, 0.15) is 51.7 Å². The van der Waals surface area contributed by atoms with E-state index in [0.717, 1.165) is 17.5 Å². The summed E-state index contributed by atoms with van der Waals surface area (Å²) in [5, 5.41) is 0. The molecule has 0 bridgehead atoms. The number of benzene rings is 2. The van der Waals surface area contributed by atoms with Gasteiger partial charge in [0.05, 0.1) is 21.6 Å². The van der Waals surface area contributed by atoms with E-state index < -0.39 is 21.6 Å². The first-order chi connectivity index (χ1) is 14.0. The van der Waals surface area contributed by atoms with Crippen LogP contribution in [0.2, 0.25) is 0 Å². The monoisotopic (exact) mass is 506 g/mol. The van der Waals surface area contributed by atoms with Gasteiger partial charge in [-0.05, 0) is 74.7 Å². The molecule has 0 spiro atoms. The Balaban J connectivity index is 2.41. The van der Waals surface area contributed by atoms with Gasteiger partial charge >= 0.3 is 0 Å². The molecule has 0 fully saturated rings. The van der Waals surface area contributed by atoms with Crippen molar-refractivity contribution in [2.75, 3.05) is 0 Å². The van der Waals surface area contributed by atoms with E-state index in [2.05, 4.69) is 43.6 Å². The van der Waals surface area contributed by atoms with Gasteiger partial charge in [-0.15, -0.1) is 0 Å². The summed E-state index contributed by atoms with van der Waals surface area (Å²) in [6, 6.07) is 15.2. The van der Waals surface area contributed by atoms with Gasteiger partial charge in [-0.3, -0.25) is 0 Å². The molecule has 2 unspecified atom stereocenters. The zero-order valence-electron chi connectivity index (χ0n) is 18.6. The third-order valence-electron chi connectivity index (χ3n) is 4.83. The van der Waals surface area contributed by atoms with Gasteiger partial charge in [-0.25, -0.2) is 8.42 Å². The van der Waals surface area contributed by atoms with Gasteiger partial charge in [0.1, 0.15) is 4.24 Å². The Morgan fingerprint density at radius 2 is 1.27 bits per heavy atom.